The van der Waals surface area contributed by atoms with E-state index < -0.39 is 5.97 Å². The molecule has 0 heterocycles. The Morgan fingerprint density at radius 1 is 0.897 bits per heavy atom. The van der Waals surface area contributed by atoms with Gasteiger partial charge in [0.1, 0.15) is 0 Å². The lowest BCUT2D eigenvalue weighted by Crippen LogP contribution is -2.45. The standard InChI is InChI=1S/C24H27NO4/c1-16-7-6-10-21(17(16)2)25-22(26)15-29-24(28)20-13-11-19(12-14-20)23(27)18-8-4-3-5-9-18/h3-5,8-9,11-14,16-17,21H,6-7,10,15H2,1-2H3,(H,25,26)/t16-,17-,21-/m1/s1. The largest absolute Gasteiger partial charge is 0.452 e. The fraction of sp³-hybridized carbons (Fsp3) is 0.375. The minimum Gasteiger partial charge on any atom is -0.452 e. The minimum absolute atomic E-state index is 0.110. The van der Waals surface area contributed by atoms with Crippen LogP contribution in [0, 0.1) is 11.8 Å². The van der Waals surface area contributed by atoms with Crippen molar-refractivity contribution in [2.45, 2.75) is 39.2 Å². The second kappa shape index (κ2) is 9.50. The number of amides is 1. The average molecular weight is 393 g/mol. The molecule has 152 valence electrons. The van der Waals surface area contributed by atoms with E-state index in [1.165, 1.54) is 6.42 Å². The van der Waals surface area contributed by atoms with Crippen molar-refractivity contribution in [3.05, 3.63) is 71.3 Å². The summed E-state index contributed by atoms with van der Waals surface area (Å²) in [7, 11) is 0. The monoisotopic (exact) mass is 393 g/mol. The van der Waals surface area contributed by atoms with Gasteiger partial charge in [-0.2, -0.15) is 0 Å². The first-order valence-corrected chi connectivity index (χ1v) is 10.1. The Bertz CT molecular complexity index is 860. The van der Waals surface area contributed by atoms with Crippen LogP contribution in [0.15, 0.2) is 54.6 Å². The average Bonchev–Trinajstić information content (AvgIpc) is 2.75. The number of ketones is 1. The topological polar surface area (TPSA) is 72.5 Å². The zero-order valence-corrected chi connectivity index (χ0v) is 16.9. The Morgan fingerprint density at radius 3 is 2.21 bits per heavy atom. The summed E-state index contributed by atoms with van der Waals surface area (Å²) in [5, 5.41) is 2.99. The molecule has 0 unspecified atom stereocenters. The molecule has 0 radical (unpaired) electrons. The highest BCUT2D eigenvalue weighted by Gasteiger charge is 2.28. The van der Waals surface area contributed by atoms with Gasteiger partial charge in [0, 0.05) is 17.2 Å². The van der Waals surface area contributed by atoms with E-state index in [1.807, 2.05) is 6.07 Å². The molecule has 29 heavy (non-hydrogen) atoms. The van der Waals surface area contributed by atoms with E-state index >= 15 is 0 Å². The maximum Gasteiger partial charge on any atom is 0.338 e. The fourth-order valence-corrected chi connectivity index (χ4v) is 3.76. The molecule has 1 saturated carbocycles. The summed E-state index contributed by atoms with van der Waals surface area (Å²) in [6.07, 6.45) is 3.25. The van der Waals surface area contributed by atoms with Crippen LogP contribution in [0.1, 0.15) is 59.4 Å². The van der Waals surface area contributed by atoms with E-state index in [-0.39, 0.29) is 24.3 Å². The van der Waals surface area contributed by atoms with Gasteiger partial charge in [-0.3, -0.25) is 9.59 Å². The number of hydrogen-bond acceptors (Lipinski definition) is 4. The summed E-state index contributed by atoms with van der Waals surface area (Å²) in [5.41, 5.74) is 1.39. The molecule has 5 heteroatoms. The number of hydrogen-bond donors (Lipinski definition) is 1. The molecule has 2 aromatic rings. The second-order valence-electron chi connectivity index (χ2n) is 7.79. The summed E-state index contributed by atoms with van der Waals surface area (Å²) in [6.45, 7) is 4.05. The van der Waals surface area contributed by atoms with Crippen LogP contribution in [0.4, 0.5) is 0 Å². The zero-order valence-electron chi connectivity index (χ0n) is 16.9. The molecule has 1 amide bonds. The van der Waals surface area contributed by atoms with Crippen LogP contribution in [0.25, 0.3) is 0 Å². The van der Waals surface area contributed by atoms with Gasteiger partial charge in [-0.15, -0.1) is 0 Å². The summed E-state index contributed by atoms with van der Waals surface area (Å²) >= 11 is 0. The fourth-order valence-electron chi connectivity index (χ4n) is 3.76. The van der Waals surface area contributed by atoms with Crippen molar-refractivity contribution in [3.63, 3.8) is 0 Å². The van der Waals surface area contributed by atoms with Crippen molar-refractivity contribution >= 4 is 17.7 Å². The molecule has 3 rings (SSSR count). The number of ether oxygens (including phenoxy) is 1. The molecule has 5 nitrogen and oxygen atoms in total. The summed E-state index contributed by atoms with van der Waals surface area (Å²) in [5.74, 6) is 0.0247. The molecule has 1 aliphatic rings. The van der Waals surface area contributed by atoms with Crippen molar-refractivity contribution in [2.24, 2.45) is 11.8 Å². The van der Waals surface area contributed by atoms with Gasteiger partial charge in [-0.05, 0) is 30.4 Å². The van der Waals surface area contributed by atoms with Crippen LogP contribution in [0.2, 0.25) is 0 Å². The molecule has 3 atom stereocenters. The number of benzene rings is 2. The Morgan fingerprint density at radius 2 is 1.52 bits per heavy atom. The first kappa shape index (κ1) is 20.8. The minimum atomic E-state index is -0.580. The molecule has 0 spiro atoms. The summed E-state index contributed by atoms with van der Waals surface area (Å²) in [4.78, 5) is 36.8. The number of rotatable bonds is 6. The molecule has 2 aromatic carbocycles. The van der Waals surface area contributed by atoms with Crippen LogP contribution in [0.5, 0.6) is 0 Å². The smallest absolute Gasteiger partial charge is 0.338 e. The Balaban J connectivity index is 1.52. The molecule has 0 saturated heterocycles. The predicted molar refractivity (Wildman–Crippen MR) is 111 cm³/mol. The highest BCUT2D eigenvalue weighted by atomic mass is 16.5. The van der Waals surface area contributed by atoms with Crippen LogP contribution in [-0.2, 0) is 9.53 Å². The lowest BCUT2D eigenvalue weighted by molar-refractivity contribution is -0.125. The van der Waals surface area contributed by atoms with Gasteiger partial charge >= 0.3 is 5.97 Å². The highest BCUT2D eigenvalue weighted by Crippen LogP contribution is 2.29. The lowest BCUT2D eigenvalue weighted by atomic mass is 9.78. The van der Waals surface area contributed by atoms with E-state index in [1.54, 1.807) is 48.5 Å². The molecule has 1 fully saturated rings. The lowest BCUT2D eigenvalue weighted by Gasteiger charge is -2.34. The number of esters is 1. The van der Waals surface area contributed by atoms with Gasteiger partial charge < -0.3 is 10.1 Å². The first-order valence-electron chi connectivity index (χ1n) is 10.1. The molecule has 1 aliphatic carbocycles. The third-order valence-corrected chi connectivity index (χ3v) is 5.81. The first-order chi connectivity index (χ1) is 14.0. The quantitative estimate of drug-likeness (QED) is 0.594. The van der Waals surface area contributed by atoms with E-state index in [0.717, 1.165) is 12.8 Å². The van der Waals surface area contributed by atoms with Crippen molar-refractivity contribution in [1.82, 2.24) is 5.32 Å². The zero-order chi connectivity index (χ0) is 20.8. The highest BCUT2D eigenvalue weighted by molar-refractivity contribution is 6.09. The van der Waals surface area contributed by atoms with Crippen LogP contribution in [-0.4, -0.2) is 30.3 Å². The summed E-state index contributed by atoms with van der Waals surface area (Å²) < 4.78 is 5.14. The van der Waals surface area contributed by atoms with Crippen molar-refractivity contribution in [1.29, 1.82) is 0 Å². The normalized spacial score (nSPS) is 21.2. The van der Waals surface area contributed by atoms with E-state index in [4.69, 9.17) is 4.74 Å². The van der Waals surface area contributed by atoms with Gasteiger partial charge in [0.2, 0.25) is 0 Å². The van der Waals surface area contributed by atoms with Gasteiger partial charge in [0.25, 0.3) is 5.91 Å². The van der Waals surface area contributed by atoms with E-state index in [2.05, 4.69) is 19.2 Å². The third kappa shape index (κ3) is 5.31. The molecule has 0 aromatic heterocycles. The molecular formula is C24H27NO4. The molecule has 0 bridgehead atoms. The maximum atomic E-state index is 12.4. The Hall–Kier alpha value is -2.95. The van der Waals surface area contributed by atoms with Gasteiger partial charge in [0.05, 0.1) is 5.56 Å². The molecule has 1 N–H and O–H groups in total. The van der Waals surface area contributed by atoms with Crippen LogP contribution in [0.3, 0.4) is 0 Å². The Labute approximate surface area is 171 Å². The predicted octanol–water partition coefficient (Wildman–Crippen LogP) is 4.02. The van der Waals surface area contributed by atoms with E-state index in [9.17, 15) is 14.4 Å². The van der Waals surface area contributed by atoms with Gasteiger partial charge in [0.15, 0.2) is 12.4 Å². The van der Waals surface area contributed by atoms with Gasteiger partial charge in [-0.1, -0.05) is 69.2 Å². The number of carbonyl (C=O) groups is 3. The summed E-state index contributed by atoms with van der Waals surface area (Å²) in [6, 6.07) is 15.4. The van der Waals surface area contributed by atoms with Crippen molar-refractivity contribution in [2.75, 3.05) is 6.61 Å². The SMILES string of the molecule is C[C@@H]1[C@H](C)CCC[C@H]1NC(=O)COC(=O)c1ccc(C(=O)c2ccccc2)cc1. The number of nitrogens with one attached hydrogen (secondary N) is 1. The van der Waals surface area contributed by atoms with Crippen LogP contribution < -0.4 is 5.32 Å². The Kier molecular flexibility index (Phi) is 6.81. The van der Waals surface area contributed by atoms with Gasteiger partial charge in [-0.25, -0.2) is 4.79 Å². The second-order valence-corrected chi connectivity index (χ2v) is 7.79. The van der Waals surface area contributed by atoms with Crippen molar-refractivity contribution in [3.8, 4) is 0 Å². The maximum absolute atomic E-state index is 12.4. The van der Waals surface area contributed by atoms with Crippen LogP contribution >= 0.6 is 0 Å². The van der Waals surface area contributed by atoms with E-state index in [0.29, 0.717) is 28.5 Å². The third-order valence-electron chi connectivity index (χ3n) is 5.81. The molecule has 0 aliphatic heterocycles. The molecular weight excluding hydrogens is 366 g/mol. The van der Waals surface area contributed by atoms with Crippen molar-refractivity contribution < 1.29 is 19.1 Å². The number of carbonyl (C=O) groups excluding carboxylic acids is 3.